The smallest absolute Gasteiger partial charge is 0.308 e. The average Bonchev–Trinajstić information content (AvgIpc) is 2.54. The maximum Gasteiger partial charge on any atom is 0.308 e. The van der Waals surface area contributed by atoms with E-state index in [1.54, 1.807) is 0 Å². The van der Waals surface area contributed by atoms with Crippen molar-refractivity contribution in [3.05, 3.63) is 0 Å². The van der Waals surface area contributed by atoms with Crippen LogP contribution < -0.4 is 0 Å². The fourth-order valence-electron chi connectivity index (χ4n) is 3.01. The molecule has 1 aliphatic heterocycles. The predicted molar refractivity (Wildman–Crippen MR) is 146 cm³/mol. The van der Waals surface area contributed by atoms with Crippen LogP contribution in [0.15, 0.2) is 0 Å². The summed E-state index contributed by atoms with van der Waals surface area (Å²) in [5.41, 5.74) is 0. The van der Waals surface area contributed by atoms with Gasteiger partial charge in [0.2, 0.25) is 0 Å². The quantitative estimate of drug-likeness (QED) is 0.246. The van der Waals surface area contributed by atoms with Gasteiger partial charge in [-0.15, -0.1) is 0 Å². The lowest BCUT2D eigenvalue weighted by atomic mass is 10.00. The SMILES string of the molecule is CC(C)(C)[Si](C)(C)OCC[C@@H]1OC(=O)C[C@@H](O[Si](C)(C)C(C)(C)C)[C@H]1O[Si](C)(C)C(C)(C)C. The molecule has 1 fully saturated rings. The van der Waals surface area contributed by atoms with Crippen molar-refractivity contribution in [3.63, 3.8) is 0 Å². The number of esters is 1. The van der Waals surface area contributed by atoms with Gasteiger partial charge in [0, 0.05) is 13.0 Å². The first kappa shape index (κ1) is 31.0. The first-order valence-electron chi connectivity index (χ1n) is 12.6. The summed E-state index contributed by atoms with van der Waals surface area (Å²) >= 11 is 0. The highest BCUT2D eigenvalue weighted by atomic mass is 28.4. The number of hydrogen-bond donors (Lipinski definition) is 0. The Balaban J connectivity index is 3.21. The molecule has 0 spiro atoms. The molecule has 3 atom stereocenters. The highest BCUT2D eigenvalue weighted by Gasteiger charge is 2.50. The van der Waals surface area contributed by atoms with Crippen LogP contribution in [0.1, 0.15) is 75.2 Å². The van der Waals surface area contributed by atoms with Crippen molar-refractivity contribution in [2.24, 2.45) is 0 Å². The summed E-state index contributed by atoms with van der Waals surface area (Å²) in [5.74, 6) is -0.189. The van der Waals surface area contributed by atoms with Gasteiger partial charge in [-0.1, -0.05) is 62.3 Å². The van der Waals surface area contributed by atoms with E-state index in [1.165, 1.54) is 0 Å². The van der Waals surface area contributed by atoms with E-state index in [0.717, 1.165) is 0 Å². The maximum atomic E-state index is 12.7. The molecule has 1 rings (SSSR count). The van der Waals surface area contributed by atoms with Crippen molar-refractivity contribution >= 4 is 30.9 Å². The lowest BCUT2D eigenvalue weighted by Crippen LogP contribution is -2.59. The Bertz CT molecular complexity index is 669. The predicted octanol–water partition coefficient (Wildman–Crippen LogP) is 7.49. The standard InChI is InChI=1S/C25H54O5Si3/c1-23(2,3)31(10,11)27-17-16-19-22(30-33(14,15)25(7,8)9)20(18-21(26)28-19)29-32(12,13)24(4,5)6/h19-20,22H,16-18H2,1-15H3/t19-,20+,22-/m0/s1. The van der Waals surface area contributed by atoms with Crippen molar-refractivity contribution in [2.75, 3.05) is 6.61 Å². The van der Waals surface area contributed by atoms with Crippen molar-refractivity contribution < 1.29 is 22.8 Å². The molecule has 33 heavy (non-hydrogen) atoms. The summed E-state index contributed by atoms with van der Waals surface area (Å²) in [4.78, 5) is 12.7. The third-order valence-corrected chi connectivity index (χ3v) is 22.1. The fourth-order valence-corrected chi connectivity index (χ4v) is 6.73. The summed E-state index contributed by atoms with van der Waals surface area (Å²) in [7, 11) is -6.09. The first-order chi connectivity index (χ1) is 14.4. The molecule has 0 aromatic heterocycles. The highest BCUT2D eigenvalue weighted by molar-refractivity contribution is 6.75. The second kappa shape index (κ2) is 10.2. The van der Waals surface area contributed by atoms with Gasteiger partial charge >= 0.3 is 5.97 Å². The van der Waals surface area contributed by atoms with Crippen LogP contribution in [0.2, 0.25) is 54.4 Å². The Morgan fingerprint density at radius 1 is 0.758 bits per heavy atom. The van der Waals surface area contributed by atoms with Gasteiger partial charge in [0.1, 0.15) is 12.2 Å². The van der Waals surface area contributed by atoms with E-state index in [4.69, 9.17) is 18.0 Å². The minimum atomic E-state index is -2.11. The Kier molecular flexibility index (Phi) is 9.56. The third kappa shape index (κ3) is 8.00. The molecule has 8 heteroatoms. The van der Waals surface area contributed by atoms with E-state index < -0.39 is 25.0 Å². The van der Waals surface area contributed by atoms with Crippen LogP contribution in [0.5, 0.6) is 0 Å². The van der Waals surface area contributed by atoms with E-state index >= 15 is 0 Å². The van der Waals surface area contributed by atoms with Crippen molar-refractivity contribution in [1.29, 1.82) is 0 Å². The lowest BCUT2D eigenvalue weighted by Gasteiger charge is -2.48. The molecule has 0 saturated carbocycles. The van der Waals surface area contributed by atoms with Gasteiger partial charge in [-0.3, -0.25) is 4.79 Å². The lowest BCUT2D eigenvalue weighted by molar-refractivity contribution is -0.176. The van der Waals surface area contributed by atoms with Crippen LogP contribution in [0.4, 0.5) is 0 Å². The number of ether oxygens (including phenoxy) is 1. The molecule has 0 N–H and O–H groups in total. The summed E-state index contributed by atoms with van der Waals surface area (Å²) in [6.07, 6.45) is 0.0000881. The largest absolute Gasteiger partial charge is 0.459 e. The molecule has 0 unspecified atom stereocenters. The van der Waals surface area contributed by atoms with E-state index in [-0.39, 0.29) is 45.8 Å². The summed E-state index contributed by atoms with van der Waals surface area (Å²) in [6, 6.07) is 0. The molecule has 0 aromatic carbocycles. The molecule has 0 aliphatic carbocycles. The van der Waals surface area contributed by atoms with Crippen LogP contribution in [0.3, 0.4) is 0 Å². The molecule has 1 heterocycles. The number of hydrogen-bond acceptors (Lipinski definition) is 5. The molecular weight excluding hydrogens is 465 g/mol. The van der Waals surface area contributed by atoms with E-state index in [9.17, 15) is 4.79 Å². The van der Waals surface area contributed by atoms with Gasteiger partial charge in [0.15, 0.2) is 25.0 Å². The monoisotopic (exact) mass is 518 g/mol. The number of rotatable bonds is 8. The molecule has 5 nitrogen and oxygen atoms in total. The average molecular weight is 519 g/mol. The van der Waals surface area contributed by atoms with Crippen molar-refractivity contribution in [3.8, 4) is 0 Å². The van der Waals surface area contributed by atoms with Crippen molar-refractivity contribution in [2.45, 2.75) is 148 Å². The Morgan fingerprint density at radius 3 is 1.61 bits per heavy atom. The zero-order valence-corrected chi connectivity index (χ0v) is 27.4. The number of carbonyl (C=O) groups is 1. The van der Waals surface area contributed by atoms with Crippen LogP contribution in [0.25, 0.3) is 0 Å². The minimum Gasteiger partial charge on any atom is -0.459 e. The third-order valence-electron chi connectivity index (χ3n) is 8.54. The second-order valence-corrected chi connectivity index (χ2v) is 28.7. The zero-order valence-electron chi connectivity index (χ0n) is 24.4. The number of carbonyl (C=O) groups excluding carboxylic acids is 1. The Morgan fingerprint density at radius 2 is 1.18 bits per heavy atom. The maximum absolute atomic E-state index is 12.7. The summed E-state index contributed by atoms with van der Waals surface area (Å²) in [5, 5.41) is 0.246. The van der Waals surface area contributed by atoms with Gasteiger partial charge in [-0.05, 0) is 54.4 Å². The normalized spacial score (nSPS) is 24.1. The van der Waals surface area contributed by atoms with Gasteiger partial charge in [-0.2, -0.15) is 0 Å². The summed E-state index contributed by atoms with van der Waals surface area (Å²) in [6.45, 7) is 34.2. The first-order valence-corrected chi connectivity index (χ1v) is 21.3. The van der Waals surface area contributed by atoms with E-state index in [1.807, 2.05) is 0 Å². The van der Waals surface area contributed by atoms with Crippen molar-refractivity contribution in [1.82, 2.24) is 0 Å². The Labute approximate surface area is 208 Å². The molecule has 0 radical (unpaired) electrons. The molecule has 1 saturated heterocycles. The van der Waals surface area contributed by atoms with E-state index in [0.29, 0.717) is 13.0 Å². The van der Waals surface area contributed by atoms with Crippen LogP contribution >= 0.6 is 0 Å². The van der Waals surface area contributed by atoms with Crippen LogP contribution in [0, 0.1) is 0 Å². The van der Waals surface area contributed by atoms with Gasteiger partial charge in [-0.25, -0.2) is 0 Å². The zero-order chi connectivity index (χ0) is 26.3. The number of cyclic esters (lactones) is 1. The van der Waals surface area contributed by atoms with Crippen LogP contribution in [-0.2, 0) is 22.8 Å². The Hall–Kier alpha value is 0.000649. The fraction of sp³-hybridized carbons (Fsp3) is 0.960. The van der Waals surface area contributed by atoms with Gasteiger partial charge in [0.25, 0.3) is 0 Å². The molecular formula is C25H54O5Si3. The topological polar surface area (TPSA) is 54.0 Å². The molecule has 0 aromatic rings. The molecule has 1 aliphatic rings. The molecule has 196 valence electrons. The van der Waals surface area contributed by atoms with Gasteiger partial charge in [0.05, 0.1) is 12.5 Å². The highest BCUT2D eigenvalue weighted by Crippen LogP contribution is 2.43. The molecule has 0 bridgehead atoms. The van der Waals surface area contributed by atoms with E-state index in [2.05, 4.69) is 102 Å². The summed E-state index contributed by atoms with van der Waals surface area (Å²) < 4.78 is 26.1. The second-order valence-electron chi connectivity index (χ2n) is 14.4. The van der Waals surface area contributed by atoms with Gasteiger partial charge < -0.3 is 18.0 Å². The van der Waals surface area contributed by atoms with Crippen LogP contribution in [-0.4, -0.2) is 55.8 Å². The minimum absolute atomic E-state index is 0.0524. The molecule has 0 amide bonds.